The first-order valence-electron chi connectivity index (χ1n) is 7.70. The number of hydrogen-bond donors (Lipinski definition) is 1. The molecule has 136 valence electrons. The van der Waals surface area contributed by atoms with Gasteiger partial charge in [0.15, 0.2) is 5.13 Å². The van der Waals surface area contributed by atoms with E-state index in [0.29, 0.717) is 17.5 Å². The second-order valence-electron chi connectivity index (χ2n) is 5.26. The van der Waals surface area contributed by atoms with Gasteiger partial charge in [0.25, 0.3) is 0 Å². The average Bonchev–Trinajstić information content (AvgIpc) is 3.01. The number of anilines is 1. The molecule has 0 saturated heterocycles. The lowest BCUT2D eigenvalue weighted by atomic mass is 10.1. The van der Waals surface area contributed by atoms with E-state index in [1.54, 1.807) is 18.2 Å². The van der Waals surface area contributed by atoms with Crippen molar-refractivity contribution in [2.24, 2.45) is 0 Å². The number of nitriles is 1. The molecule has 1 heterocycles. The summed E-state index contributed by atoms with van der Waals surface area (Å²) in [6, 6.07) is 8.26. The molecule has 1 aromatic heterocycles. The number of sulfonamides is 1. The van der Waals surface area contributed by atoms with Crippen molar-refractivity contribution in [2.45, 2.75) is 25.0 Å². The Labute approximate surface area is 156 Å². The van der Waals surface area contributed by atoms with E-state index in [4.69, 9.17) is 10.00 Å². The Bertz CT molecular complexity index is 945. The number of esters is 1. The molecular formula is C17H17N3O4S2. The number of aromatic nitrogens is 1. The maximum Gasteiger partial charge on any atom is 0.312 e. The van der Waals surface area contributed by atoms with Crippen LogP contribution >= 0.6 is 11.3 Å². The first-order chi connectivity index (χ1) is 12.4. The van der Waals surface area contributed by atoms with Crippen LogP contribution in [0.5, 0.6) is 5.88 Å². The molecule has 0 saturated carbocycles. The number of ether oxygens (including phenoxy) is 1. The van der Waals surface area contributed by atoms with Crippen molar-refractivity contribution in [1.29, 1.82) is 5.26 Å². The van der Waals surface area contributed by atoms with Gasteiger partial charge in [0.2, 0.25) is 15.9 Å². The molecule has 0 spiro atoms. The Kier molecular flexibility index (Phi) is 6.49. The number of thiazole rings is 1. The molecule has 1 atom stereocenters. The fourth-order valence-electron chi connectivity index (χ4n) is 2.14. The average molecular weight is 391 g/mol. The Hall–Kier alpha value is -2.70. The van der Waals surface area contributed by atoms with Gasteiger partial charge in [-0.1, -0.05) is 25.1 Å². The van der Waals surface area contributed by atoms with Crippen LogP contribution in [0.4, 0.5) is 5.13 Å². The van der Waals surface area contributed by atoms with Crippen LogP contribution in [0.15, 0.2) is 42.3 Å². The second kappa shape index (κ2) is 8.60. The van der Waals surface area contributed by atoms with Gasteiger partial charge in [-0.2, -0.15) is 10.2 Å². The highest BCUT2D eigenvalue weighted by Crippen LogP contribution is 2.29. The molecule has 0 bridgehead atoms. The van der Waals surface area contributed by atoms with E-state index < -0.39 is 21.2 Å². The molecule has 0 aliphatic carbocycles. The summed E-state index contributed by atoms with van der Waals surface area (Å²) in [6.07, 6.45) is 2.17. The van der Waals surface area contributed by atoms with Crippen LogP contribution < -0.4 is 9.46 Å². The van der Waals surface area contributed by atoms with E-state index in [-0.39, 0.29) is 17.4 Å². The quantitative estimate of drug-likeness (QED) is 0.546. The first-order valence-corrected chi connectivity index (χ1v) is 10.1. The lowest BCUT2D eigenvalue weighted by molar-refractivity contribution is -0.134. The van der Waals surface area contributed by atoms with Crippen LogP contribution in [-0.4, -0.2) is 19.4 Å². The molecule has 1 N–H and O–H groups in total. The van der Waals surface area contributed by atoms with Crippen LogP contribution in [0.25, 0.3) is 0 Å². The van der Waals surface area contributed by atoms with Crippen molar-refractivity contribution >= 4 is 32.5 Å². The smallest absolute Gasteiger partial charge is 0.312 e. The Morgan fingerprint density at radius 3 is 2.96 bits per heavy atom. The molecule has 2 aromatic rings. The first kappa shape index (κ1) is 19.6. The van der Waals surface area contributed by atoms with Gasteiger partial charge in [-0.25, -0.2) is 8.42 Å². The van der Waals surface area contributed by atoms with Crippen molar-refractivity contribution in [1.82, 2.24) is 4.98 Å². The van der Waals surface area contributed by atoms with Gasteiger partial charge < -0.3 is 4.74 Å². The summed E-state index contributed by atoms with van der Waals surface area (Å²) in [5.74, 6) is -0.378. The molecule has 0 aliphatic rings. The largest absolute Gasteiger partial charge is 0.406 e. The number of rotatable bonds is 8. The van der Waals surface area contributed by atoms with Gasteiger partial charge in [-0.15, -0.1) is 17.9 Å². The molecule has 1 unspecified atom stereocenters. The summed E-state index contributed by atoms with van der Waals surface area (Å²) < 4.78 is 32.7. The topological polar surface area (TPSA) is 109 Å². The normalized spacial score (nSPS) is 12.0. The summed E-state index contributed by atoms with van der Waals surface area (Å²) in [6.45, 7) is 5.42. The van der Waals surface area contributed by atoms with Crippen LogP contribution in [0.3, 0.4) is 0 Å². The molecule has 7 nitrogen and oxygen atoms in total. The minimum absolute atomic E-state index is 0.0489. The predicted molar refractivity (Wildman–Crippen MR) is 99.3 cm³/mol. The number of nitrogens with one attached hydrogen (secondary N) is 1. The molecule has 1 aromatic carbocycles. The minimum Gasteiger partial charge on any atom is -0.406 e. The number of nitrogens with zero attached hydrogens (tertiary/aromatic N) is 2. The van der Waals surface area contributed by atoms with Crippen molar-refractivity contribution in [3.63, 3.8) is 0 Å². The van der Waals surface area contributed by atoms with Crippen LogP contribution in [0.1, 0.15) is 36.1 Å². The van der Waals surface area contributed by atoms with Gasteiger partial charge >= 0.3 is 5.97 Å². The van der Waals surface area contributed by atoms with Gasteiger partial charge in [-0.05, 0) is 24.1 Å². The maximum absolute atomic E-state index is 12.7. The van der Waals surface area contributed by atoms with Crippen molar-refractivity contribution in [2.75, 3.05) is 4.72 Å². The van der Waals surface area contributed by atoms with E-state index in [9.17, 15) is 13.2 Å². The summed E-state index contributed by atoms with van der Waals surface area (Å²) in [5, 5.41) is 9.44. The summed E-state index contributed by atoms with van der Waals surface area (Å²) >= 11 is 1.00. The molecule has 0 fully saturated rings. The van der Waals surface area contributed by atoms with Gasteiger partial charge in [0, 0.05) is 6.42 Å². The molecule has 2 rings (SSSR count). The summed E-state index contributed by atoms with van der Waals surface area (Å²) in [4.78, 5) is 15.4. The monoisotopic (exact) mass is 391 g/mol. The maximum atomic E-state index is 12.7. The van der Waals surface area contributed by atoms with Crippen LogP contribution in [0, 0.1) is 11.3 Å². The molecule has 0 aliphatic heterocycles. The van der Waals surface area contributed by atoms with Crippen molar-refractivity contribution in [3.8, 4) is 11.9 Å². The summed E-state index contributed by atoms with van der Waals surface area (Å²) in [5.41, 5.74) is 0.765. The highest BCUT2D eigenvalue weighted by atomic mass is 32.2. The lowest BCUT2D eigenvalue weighted by Gasteiger charge is -2.14. The van der Waals surface area contributed by atoms with Crippen molar-refractivity contribution in [3.05, 3.63) is 53.4 Å². The van der Waals surface area contributed by atoms with Crippen molar-refractivity contribution < 1.29 is 17.9 Å². The highest BCUT2D eigenvalue weighted by Gasteiger charge is 2.26. The molecule has 9 heteroatoms. The number of carbonyl (C=O) groups is 1. The standard InChI is InChI=1S/C17H17N3O4S2/c1-3-6-16(21)24-15-11-25-17(19-15)20-26(22,23)14(4-2)13-8-5-7-12(9-13)10-18/h4-5,7-9,11,14H,2-3,6H2,1H3,(H,19,20). The molecule has 0 radical (unpaired) electrons. The lowest BCUT2D eigenvalue weighted by Crippen LogP contribution is -2.20. The third-order valence-corrected chi connectivity index (χ3v) is 5.75. The van der Waals surface area contributed by atoms with E-state index >= 15 is 0 Å². The second-order valence-corrected chi connectivity index (χ2v) is 7.92. The van der Waals surface area contributed by atoms with E-state index in [0.717, 1.165) is 11.3 Å². The van der Waals surface area contributed by atoms with E-state index in [2.05, 4.69) is 16.3 Å². The molecule has 26 heavy (non-hydrogen) atoms. The van der Waals surface area contributed by atoms with Crippen LogP contribution in [-0.2, 0) is 14.8 Å². The zero-order chi connectivity index (χ0) is 19.2. The fourth-order valence-corrected chi connectivity index (χ4v) is 4.31. The number of benzene rings is 1. The third-order valence-electron chi connectivity index (χ3n) is 3.28. The predicted octanol–water partition coefficient (Wildman–Crippen LogP) is 3.39. The Morgan fingerprint density at radius 2 is 2.31 bits per heavy atom. The Morgan fingerprint density at radius 1 is 1.54 bits per heavy atom. The fraction of sp³-hybridized carbons (Fsp3) is 0.235. The van der Waals surface area contributed by atoms with E-state index in [1.165, 1.54) is 17.5 Å². The van der Waals surface area contributed by atoms with Crippen LogP contribution in [0.2, 0.25) is 0 Å². The zero-order valence-corrected chi connectivity index (χ0v) is 15.6. The zero-order valence-electron chi connectivity index (χ0n) is 14.0. The SMILES string of the molecule is C=CC(c1cccc(C#N)c1)S(=O)(=O)Nc1nc(OC(=O)CCC)cs1. The minimum atomic E-state index is -3.90. The van der Waals surface area contributed by atoms with Gasteiger partial charge in [0.05, 0.1) is 17.0 Å². The summed E-state index contributed by atoms with van der Waals surface area (Å²) in [7, 11) is -3.90. The highest BCUT2D eigenvalue weighted by molar-refractivity contribution is 7.93. The molecular weight excluding hydrogens is 374 g/mol. The molecule has 0 amide bonds. The van der Waals surface area contributed by atoms with Gasteiger partial charge in [-0.3, -0.25) is 9.52 Å². The van der Waals surface area contributed by atoms with Gasteiger partial charge in [0.1, 0.15) is 5.25 Å². The number of hydrogen-bond acceptors (Lipinski definition) is 7. The number of carbonyl (C=O) groups excluding carboxylic acids is 1. The third kappa shape index (κ3) is 4.91. The van der Waals surface area contributed by atoms with E-state index in [1.807, 2.05) is 13.0 Å². The Balaban J connectivity index is 2.19.